The van der Waals surface area contributed by atoms with Gasteiger partial charge in [-0.3, -0.25) is 0 Å². The molecule has 0 amide bonds. The summed E-state index contributed by atoms with van der Waals surface area (Å²) in [7, 11) is 0. The third kappa shape index (κ3) is 1.88. The maximum atomic E-state index is 6.06. The molecule has 0 saturated heterocycles. The van der Waals surface area contributed by atoms with Crippen molar-refractivity contribution >= 4 is 28.8 Å². The maximum absolute atomic E-state index is 6.06. The normalized spacial score (nSPS) is 16.0. The number of hydrogen-bond donors (Lipinski definition) is 1. The number of halogens is 2. The summed E-state index contributed by atoms with van der Waals surface area (Å²) in [4.78, 5) is 0. The largest absolute Gasteiger partial charge is 0.309 e. The zero-order valence-corrected chi connectivity index (χ0v) is 8.49. The van der Waals surface area contributed by atoms with E-state index < -0.39 is 0 Å². The van der Waals surface area contributed by atoms with Gasteiger partial charge in [0.15, 0.2) is 0 Å². The molecule has 1 aromatic rings. The SMILES string of the molecule is Clc1ccc(C2=CCNC2)c(Cl)c1. The minimum Gasteiger partial charge on any atom is -0.309 e. The monoisotopic (exact) mass is 213 g/mol. The van der Waals surface area contributed by atoms with Gasteiger partial charge in [-0.25, -0.2) is 0 Å². The van der Waals surface area contributed by atoms with E-state index in [1.54, 1.807) is 6.07 Å². The standard InChI is InChI=1S/C10H9Cl2N/c11-8-1-2-9(10(12)5-8)7-3-4-13-6-7/h1-3,5,13H,4,6H2. The summed E-state index contributed by atoms with van der Waals surface area (Å²) in [6.07, 6.45) is 2.15. The van der Waals surface area contributed by atoms with Crippen LogP contribution in [0, 0.1) is 0 Å². The van der Waals surface area contributed by atoms with Crippen molar-refractivity contribution in [2.45, 2.75) is 0 Å². The molecule has 1 nitrogen and oxygen atoms in total. The lowest BCUT2D eigenvalue weighted by atomic mass is 10.1. The van der Waals surface area contributed by atoms with E-state index in [4.69, 9.17) is 23.2 Å². The molecule has 0 aliphatic carbocycles. The summed E-state index contributed by atoms with van der Waals surface area (Å²) < 4.78 is 0. The first-order chi connectivity index (χ1) is 6.27. The van der Waals surface area contributed by atoms with Crippen molar-refractivity contribution in [2.75, 3.05) is 13.1 Å². The van der Waals surface area contributed by atoms with Crippen LogP contribution in [0.15, 0.2) is 24.3 Å². The Labute approximate surface area is 87.4 Å². The molecule has 0 fully saturated rings. The lowest BCUT2D eigenvalue weighted by molar-refractivity contribution is 0.897. The van der Waals surface area contributed by atoms with Crippen LogP contribution in [-0.4, -0.2) is 13.1 Å². The van der Waals surface area contributed by atoms with Crippen LogP contribution in [0.3, 0.4) is 0 Å². The number of benzene rings is 1. The molecule has 0 atom stereocenters. The third-order valence-corrected chi connectivity index (χ3v) is 2.63. The van der Waals surface area contributed by atoms with Crippen LogP contribution < -0.4 is 5.32 Å². The number of hydrogen-bond acceptors (Lipinski definition) is 1. The van der Waals surface area contributed by atoms with Gasteiger partial charge in [-0.15, -0.1) is 0 Å². The van der Waals surface area contributed by atoms with Crippen molar-refractivity contribution in [1.82, 2.24) is 5.32 Å². The van der Waals surface area contributed by atoms with E-state index in [0.29, 0.717) is 5.02 Å². The quantitative estimate of drug-likeness (QED) is 0.757. The molecule has 0 bridgehead atoms. The predicted octanol–water partition coefficient (Wildman–Crippen LogP) is 2.98. The predicted molar refractivity (Wildman–Crippen MR) is 57.3 cm³/mol. The van der Waals surface area contributed by atoms with E-state index >= 15 is 0 Å². The second kappa shape index (κ2) is 3.70. The summed E-state index contributed by atoms with van der Waals surface area (Å²) in [6.45, 7) is 1.82. The summed E-state index contributed by atoms with van der Waals surface area (Å²) in [5, 5.41) is 4.63. The molecule has 2 rings (SSSR count). The summed E-state index contributed by atoms with van der Waals surface area (Å²) >= 11 is 11.9. The average Bonchev–Trinajstić information content (AvgIpc) is 2.56. The third-order valence-electron chi connectivity index (χ3n) is 2.09. The molecule has 0 aromatic heterocycles. The Morgan fingerprint density at radius 1 is 1.23 bits per heavy atom. The first kappa shape index (κ1) is 9.07. The van der Waals surface area contributed by atoms with Crippen LogP contribution in [-0.2, 0) is 0 Å². The number of nitrogens with one attached hydrogen (secondary N) is 1. The first-order valence-corrected chi connectivity index (χ1v) is 4.88. The fourth-order valence-electron chi connectivity index (χ4n) is 1.43. The maximum Gasteiger partial charge on any atom is 0.0496 e. The highest BCUT2D eigenvalue weighted by atomic mass is 35.5. The van der Waals surface area contributed by atoms with Gasteiger partial charge >= 0.3 is 0 Å². The minimum atomic E-state index is 0.681. The van der Waals surface area contributed by atoms with E-state index in [9.17, 15) is 0 Å². The molecule has 0 saturated carbocycles. The van der Waals surface area contributed by atoms with Crippen molar-refractivity contribution in [3.63, 3.8) is 0 Å². The van der Waals surface area contributed by atoms with Crippen molar-refractivity contribution in [1.29, 1.82) is 0 Å². The van der Waals surface area contributed by atoms with E-state index in [-0.39, 0.29) is 0 Å². The van der Waals surface area contributed by atoms with E-state index in [1.807, 2.05) is 12.1 Å². The van der Waals surface area contributed by atoms with Crippen molar-refractivity contribution in [3.8, 4) is 0 Å². The van der Waals surface area contributed by atoms with Gasteiger partial charge in [-0.2, -0.15) is 0 Å². The van der Waals surface area contributed by atoms with Crippen LogP contribution in [0.2, 0.25) is 10.0 Å². The highest BCUT2D eigenvalue weighted by Gasteiger charge is 2.09. The molecule has 1 N–H and O–H groups in total. The molecule has 0 spiro atoms. The van der Waals surface area contributed by atoms with Crippen LogP contribution in [0.4, 0.5) is 0 Å². The Bertz CT molecular complexity index is 358. The van der Waals surface area contributed by atoms with Gasteiger partial charge in [-0.05, 0) is 23.3 Å². The minimum absolute atomic E-state index is 0.681. The molecule has 1 aliphatic rings. The van der Waals surface area contributed by atoms with Gasteiger partial charge in [-0.1, -0.05) is 35.3 Å². The molecule has 1 aliphatic heterocycles. The molecule has 0 unspecified atom stereocenters. The molecule has 0 radical (unpaired) electrons. The topological polar surface area (TPSA) is 12.0 Å². The smallest absolute Gasteiger partial charge is 0.0496 e. The zero-order valence-electron chi connectivity index (χ0n) is 6.98. The molecule has 13 heavy (non-hydrogen) atoms. The molecule has 1 aromatic carbocycles. The van der Waals surface area contributed by atoms with Gasteiger partial charge < -0.3 is 5.32 Å². The van der Waals surface area contributed by atoms with Crippen molar-refractivity contribution < 1.29 is 0 Å². The van der Waals surface area contributed by atoms with Gasteiger partial charge in [0, 0.05) is 23.1 Å². The fourth-order valence-corrected chi connectivity index (χ4v) is 1.96. The van der Waals surface area contributed by atoms with Gasteiger partial charge in [0.2, 0.25) is 0 Å². The summed E-state index contributed by atoms with van der Waals surface area (Å²) in [5.74, 6) is 0. The lowest BCUT2D eigenvalue weighted by Crippen LogP contribution is -2.07. The average molecular weight is 214 g/mol. The highest BCUT2D eigenvalue weighted by Crippen LogP contribution is 2.27. The second-order valence-electron chi connectivity index (χ2n) is 2.98. The molecular formula is C10H9Cl2N. The molecule has 1 heterocycles. The van der Waals surface area contributed by atoms with E-state index in [0.717, 1.165) is 23.7 Å². The molecule has 68 valence electrons. The van der Waals surface area contributed by atoms with E-state index in [1.165, 1.54) is 5.57 Å². The summed E-state index contributed by atoms with van der Waals surface area (Å²) in [6, 6.07) is 5.60. The van der Waals surface area contributed by atoms with Gasteiger partial charge in [0.1, 0.15) is 0 Å². The van der Waals surface area contributed by atoms with Crippen molar-refractivity contribution in [2.24, 2.45) is 0 Å². The van der Waals surface area contributed by atoms with Crippen LogP contribution in [0.1, 0.15) is 5.56 Å². The van der Waals surface area contributed by atoms with Crippen LogP contribution >= 0.6 is 23.2 Å². The Morgan fingerprint density at radius 3 is 2.69 bits per heavy atom. The summed E-state index contributed by atoms with van der Waals surface area (Å²) in [5.41, 5.74) is 2.33. The highest BCUT2D eigenvalue weighted by molar-refractivity contribution is 6.35. The molecule has 3 heteroatoms. The fraction of sp³-hybridized carbons (Fsp3) is 0.200. The second-order valence-corrected chi connectivity index (χ2v) is 3.83. The first-order valence-electron chi connectivity index (χ1n) is 4.12. The number of rotatable bonds is 1. The molecular weight excluding hydrogens is 205 g/mol. The van der Waals surface area contributed by atoms with Gasteiger partial charge in [0.25, 0.3) is 0 Å². The van der Waals surface area contributed by atoms with Crippen molar-refractivity contribution in [3.05, 3.63) is 39.9 Å². The Kier molecular flexibility index (Phi) is 2.58. The van der Waals surface area contributed by atoms with Crippen LogP contribution in [0.25, 0.3) is 5.57 Å². The zero-order chi connectivity index (χ0) is 9.26. The van der Waals surface area contributed by atoms with Gasteiger partial charge in [0.05, 0.1) is 0 Å². The Balaban J connectivity index is 2.40. The Morgan fingerprint density at radius 2 is 2.08 bits per heavy atom. The lowest BCUT2D eigenvalue weighted by Gasteiger charge is -2.04. The van der Waals surface area contributed by atoms with Crippen LogP contribution in [0.5, 0.6) is 0 Å². The van der Waals surface area contributed by atoms with E-state index in [2.05, 4.69) is 11.4 Å². The Hall–Kier alpha value is -0.500.